The Morgan fingerprint density at radius 2 is 1.03 bits per heavy atom. The van der Waals surface area contributed by atoms with E-state index in [2.05, 4.69) is 15.6 Å². The molecule has 14 heteroatoms. The van der Waals surface area contributed by atoms with Crippen LogP contribution >= 0.6 is 0 Å². The lowest BCUT2D eigenvalue weighted by Gasteiger charge is -2.31. The summed E-state index contributed by atoms with van der Waals surface area (Å²) < 4.78 is 17.4. The number of carbonyl (C=O) groups excluding carboxylic acids is 4. The van der Waals surface area contributed by atoms with E-state index in [0.717, 1.165) is 16.7 Å². The van der Waals surface area contributed by atoms with Crippen LogP contribution < -0.4 is 10.6 Å². The van der Waals surface area contributed by atoms with Crippen LogP contribution in [0.1, 0.15) is 36.1 Å². The number of likely N-dealkylation sites (N-methyl/N-ethyl adjacent to an activating group) is 2. The summed E-state index contributed by atoms with van der Waals surface area (Å²) in [4.78, 5) is 66.8. The lowest BCUT2D eigenvalue weighted by molar-refractivity contribution is -0.141. The van der Waals surface area contributed by atoms with Gasteiger partial charge in [-0.2, -0.15) is 0 Å². The number of anilines is 2. The number of hydrogen-bond acceptors (Lipinski definition) is 10. The molecule has 2 aliphatic heterocycles. The van der Waals surface area contributed by atoms with Gasteiger partial charge in [-0.05, 0) is 87.8 Å². The lowest BCUT2D eigenvalue weighted by atomic mass is 10.0. The molecule has 3 heterocycles. The average molecular weight is 828 g/mol. The van der Waals surface area contributed by atoms with Crippen molar-refractivity contribution in [3.8, 4) is 22.8 Å². The summed E-state index contributed by atoms with van der Waals surface area (Å²) in [5.74, 6) is 0.0191. The minimum absolute atomic E-state index is 0.158. The van der Waals surface area contributed by atoms with Gasteiger partial charge in [0.15, 0.2) is 5.76 Å². The van der Waals surface area contributed by atoms with Gasteiger partial charge in [0.25, 0.3) is 0 Å². The van der Waals surface area contributed by atoms with Gasteiger partial charge in [0.2, 0.25) is 29.5 Å². The van der Waals surface area contributed by atoms with Crippen molar-refractivity contribution in [1.82, 2.24) is 24.6 Å². The van der Waals surface area contributed by atoms with E-state index >= 15 is 0 Å². The number of aromatic nitrogens is 1. The van der Waals surface area contributed by atoms with Gasteiger partial charge in [-0.3, -0.25) is 29.0 Å². The molecule has 6 atom stereocenters. The smallest absolute Gasteiger partial charge is 0.247 e. The number of benzene rings is 4. The SMILES string of the molecule is CO[C@H]1CC(C(=O)Nc2ccc(-c3cnc(-c4ccc(NC(=O)[C@@H]5C[C@H](OC)CN5C(=O)[C@@H](c5ccccc5)N(C)C)cc4)o3)cc2)N(C(=O)[C@@H](c2ccccc2)N(C)C)C1. The van der Waals surface area contributed by atoms with Gasteiger partial charge in [-0.1, -0.05) is 60.7 Å². The fraction of sp³-hybridized carbons (Fsp3) is 0.340. The molecule has 1 unspecified atom stereocenters. The molecule has 0 radical (unpaired) electrons. The van der Waals surface area contributed by atoms with Gasteiger partial charge >= 0.3 is 0 Å². The van der Waals surface area contributed by atoms with Crippen molar-refractivity contribution in [2.75, 3.05) is 66.1 Å². The Kier molecular flexibility index (Phi) is 13.4. The summed E-state index contributed by atoms with van der Waals surface area (Å²) in [6.07, 6.45) is 1.88. The maximum absolute atomic E-state index is 14.0. The zero-order valence-corrected chi connectivity index (χ0v) is 35.4. The standard InChI is InChI=1S/C47H53N7O7/c1-51(2)41(31-13-9-7-10-14-31)46(57)53-28-36(59-5)25-38(53)43(55)49-34-21-17-30(18-22-34)40-27-48-45(61-40)33-19-23-35(24-20-33)50-44(56)39-26-37(60-6)29-54(39)47(58)42(52(3)4)32-15-11-8-12-16-32/h7-24,27,36-39,41-42H,25-26,28-29H2,1-6H3,(H,49,55)(H,50,56)/t36-,37-,38?,39-,41+,42+/m0/s1. The number of amides is 4. The topological polar surface area (TPSA) is 150 Å². The van der Waals surface area contributed by atoms with Gasteiger partial charge in [0, 0.05) is 62.7 Å². The highest BCUT2D eigenvalue weighted by molar-refractivity contribution is 5.99. The molecule has 0 saturated carbocycles. The predicted octanol–water partition coefficient (Wildman–Crippen LogP) is 5.72. The Labute approximate surface area is 356 Å². The third-order valence-corrected chi connectivity index (χ3v) is 11.4. The normalized spacial score (nSPS) is 19.9. The lowest BCUT2D eigenvalue weighted by Crippen LogP contribution is -2.47. The highest BCUT2D eigenvalue weighted by Gasteiger charge is 2.44. The second-order valence-electron chi connectivity index (χ2n) is 15.9. The highest BCUT2D eigenvalue weighted by atomic mass is 16.5. The molecule has 7 rings (SSSR count). The molecule has 5 aromatic rings. The van der Waals surface area contributed by atoms with Crippen molar-refractivity contribution in [3.63, 3.8) is 0 Å². The van der Waals surface area contributed by atoms with Crippen LogP contribution in [0, 0.1) is 0 Å². The highest BCUT2D eigenvalue weighted by Crippen LogP contribution is 2.32. The van der Waals surface area contributed by atoms with E-state index in [1.165, 1.54) is 0 Å². The molecule has 0 aliphatic carbocycles. The van der Waals surface area contributed by atoms with Crippen molar-refractivity contribution in [2.24, 2.45) is 0 Å². The fourth-order valence-electron chi connectivity index (χ4n) is 8.23. The number of rotatable bonds is 14. The van der Waals surface area contributed by atoms with Crippen LogP contribution in [-0.2, 0) is 28.7 Å². The van der Waals surface area contributed by atoms with Gasteiger partial charge in [-0.25, -0.2) is 4.98 Å². The van der Waals surface area contributed by atoms with Crippen LogP contribution in [0.2, 0.25) is 0 Å². The first kappa shape index (κ1) is 42.9. The predicted molar refractivity (Wildman–Crippen MR) is 232 cm³/mol. The number of methoxy groups -OCH3 is 2. The molecule has 2 saturated heterocycles. The number of nitrogens with one attached hydrogen (secondary N) is 2. The quantitative estimate of drug-likeness (QED) is 0.142. The first-order valence-corrected chi connectivity index (χ1v) is 20.3. The van der Waals surface area contributed by atoms with Crippen molar-refractivity contribution in [3.05, 3.63) is 127 Å². The van der Waals surface area contributed by atoms with E-state index in [1.807, 2.05) is 123 Å². The summed E-state index contributed by atoms with van der Waals surface area (Å²) in [7, 11) is 10.6. The molecule has 14 nitrogen and oxygen atoms in total. The minimum Gasteiger partial charge on any atom is -0.436 e. The van der Waals surface area contributed by atoms with Crippen LogP contribution in [0.5, 0.6) is 0 Å². The van der Waals surface area contributed by atoms with Crippen molar-refractivity contribution in [1.29, 1.82) is 0 Å². The molecular weight excluding hydrogens is 775 g/mol. The maximum Gasteiger partial charge on any atom is 0.247 e. The van der Waals surface area contributed by atoms with Crippen molar-refractivity contribution >= 4 is 35.0 Å². The summed E-state index contributed by atoms with van der Waals surface area (Å²) in [5, 5.41) is 5.98. The minimum atomic E-state index is -0.706. The Hall–Kier alpha value is -6.19. The molecule has 2 N–H and O–H groups in total. The monoisotopic (exact) mass is 827 g/mol. The number of likely N-dealkylation sites (tertiary alicyclic amines) is 2. The molecule has 2 aliphatic rings. The molecule has 0 spiro atoms. The first-order valence-electron chi connectivity index (χ1n) is 20.3. The number of carbonyl (C=O) groups is 4. The van der Waals surface area contributed by atoms with Crippen LogP contribution in [0.15, 0.2) is 120 Å². The number of oxazole rings is 1. The molecule has 4 aromatic carbocycles. The number of ether oxygens (including phenoxy) is 2. The molecule has 61 heavy (non-hydrogen) atoms. The third-order valence-electron chi connectivity index (χ3n) is 11.4. The fourth-order valence-corrected chi connectivity index (χ4v) is 8.23. The summed E-state index contributed by atoms with van der Waals surface area (Å²) in [6.45, 7) is 0.635. The van der Waals surface area contributed by atoms with Crippen LogP contribution in [0.25, 0.3) is 22.8 Å². The number of nitrogens with zero attached hydrogens (tertiary/aromatic N) is 5. The van der Waals surface area contributed by atoms with E-state index in [-0.39, 0.29) is 35.8 Å². The van der Waals surface area contributed by atoms with E-state index in [0.29, 0.717) is 54.5 Å². The van der Waals surface area contributed by atoms with Crippen LogP contribution in [0.4, 0.5) is 11.4 Å². The van der Waals surface area contributed by atoms with Crippen molar-refractivity contribution in [2.45, 2.75) is 49.2 Å². The summed E-state index contributed by atoms with van der Waals surface area (Å²) >= 11 is 0. The Balaban J connectivity index is 0.979. The molecule has 1 aromatic heterocycles. The maximum atomic E-state index is 14.0. The van der Waals surface area contributed by atoms with Gasteiger partial charge in [-0.15, -0.1) is 0 Å². The van der Waals surface area contributed by atoms with Crippen LogP contribution in [-0.4, -0.2) is 128 Å². The van der Waals surface area contributed by atoms with E-state index in [9.17, 15) is 19.2 Å². The molecule has 4 amide bonds. The first-order chi connectivity index (χ1) is 29.4. The number of hydrogen-bond donors (Lipinski definition) is 2. The second-order valence-corrected chi connectivity index (χ2v) is 15.9. The van der Waals surface area contributed by atoms with Gasteiger partial charge in [0.1, 0.15) is 24.2 Å². The van der Waals surface area contributed by atoms with E-state index < -0.39 is 24.2 Å². The Morgan fingerprint density at radius 3 is 1.43 bits per heavy atom. The Bertz CT molecular complexity index is 2120. The molecular formula is C47H53N7O7. The molecule has 318 valence electrons. The molecule has 0 bridgehead atoms. The average Bonchev–Trinajstić information content (AvgIpc) is 4.04. The van der Waals surface area contributed by atoms with Gasteiger partial charge in [0.05, 0.1) is 18.4 Å². The zero-order chi connectivity index (χ0) is 43.2. The van der Waals surface area contributed by atoms with Gasteiger partial charge < -0.3 is 34.3 Å². The molecule has 2 fully saturated rings. The summed E-state index contributed by atoms with van der Waals surface area (Å²) in [6, 6.07) is 31.0. The van der Waals surface area contributed by atoms with Crippen molar-refractivity contribution < 1.29 is 33.1 Å². The van der Waals surface area contributed by atoms with E-state index in [4.69, 9.17) is 13.9 Å². The zero-order valence-electron chi connectivity index (χ0n) is 35.4. The van der Waals surface area contributed by atoms with E-state index in [1.54, 1.807) is 54.5 Å². The second kappa shape index (κ2) is 19.0. The largest absolute Gasteiger partial charge is 0.436 e. The summed E-state index contributed by atoms with van der Waals surface area (Å²) in [5.41, 5.74) is 4.30. The third kappa shape index (κ3) is 9.58. The van der Waals surface area contributed by atoms with Crippen LogP contribution in [0.3, 0.4) is 0 Å². The Morgan fingerprint density at radius 1 is 0.623 bits per heavy atom.